The summed E-state index contributed by atoms with van der Waals surface area (Å²) in [7, 11) is 0. The molecule has 1 heterocycles. The van der Waals surface area contributed by atoms with Gasteiger partial charge in [0.25, 0.3) is 11.8 Å². The Bertz CT molecular complexity index is 924. The molecule has 5 nitrogen and oxygen atoms in total. The van der Waals surface area contributed by atoms with Crippen molar-refractivity contribution in [1.82, 2.24) is 10.2 Å². The van der Waals surface area contributed by atoms with Gasteiger partial charge in [-0.05, 0) is 48.9 Å². The van der Waals surface area contributed by atoms with Gasteiger partial charge in [-0.2, -0.15) is 0 Å². The third-order valence-electron chi connectivity index (χ3n) is 6.05. The van der Waals surface area contributed by atoms with E-state index in [-0.39, 0.29) is 23.4 Å². The standard InChI is InChI=1S/C23H25FN2O3/c24-20-8-4-3-7-19(20)21(27)26-13-10-18(11-14-26)25-22(28)23(29)12-9-16-5-1-2-6-17(16)15-23/h1-8,18,29H,9-15H2,(H,25,28). The van der Waals surface area contributed by atoms with Crippen molar-refractivity contribution in [1.29, 1.82) is 0 Å². The summed E-state index contributed by atoms with van der Waals surface area (Å²) in [6.45, 7) is 0.888. The highest BCUT2D eigenvalue weighted by Crippen LogP contribution is 2.29. The van der Waals surface area contributed by atoms with Gasteiger partial charge < -0.3 is 15.3 Å². The van der Waals surface area contributed by atoms with Gasteiger partial charge >= 0.3 is 0 Å². The number of fused-ring (bicyclic) bond motifs is 1. The number of aliphatic hydroxyl groups is 1. The molecule has 2 aromatic rings. The van der Waals surface area contributed by atoms with E-state index in [0.29, 0.717) is 45.2 Å². The zero-order valence-electron chi connectivity index (χ0n) is 16.2. The molecule has 152 valence electrons. The van der Waals surface area contributed by atoms with E-state index >= 15 is 0 Å². The molecule has 1 saturated heterocycles. The van der Waals surface area contributed by atoms with E-state index in [1.54, 1.807) is 17.0 Å². The second-order valence-corrected chi connectivity index (χ2v) is 8.00. The van der Waals surface area contributed by atoms with Gasteiger partial charge in [-0.3, -0.25) is 9.59 Å². The first-order chi connectivity index (χ1) is 14.0. The molecule has 1 unspecified atom stereocenters. The second kappa shape index (κ2) is 7.95. The Kier molecular flexibility index (Phi) is 5.37. The Morgan fingerprint density at radius 1 is 1.03 bits per heavy atom. The minimum atomic E-state index is -1.39. The number of carbonyl (C=O) groups is 2. The molecule has 2 aliphatic rings. The van der Waals surface area contributed by atoms with Crippen molar-refractivity contribution in [2.75, 3.05) is 13.1 Å². The smallest absolute Gasteiger partial charge is 0.256 e. The van der Waals surface area contributed by atoms with E-state index in [9.17, 15) is 19.1 Å². The predicted molar refractivity (Wildman–Crippen MR) is 107 cm³/mol. The van der Waals surface area contributed by atoms with Crippen LogP contribution < -0.4 is 5.32 Å². The fraction of sp³-hybridized carbons (Fsp3) is 0.391. The first-order valence-corrected chi connectivity index (χ1v) is 10.1. The lowest BCUT2D eigenvalue weighted by Crippen LogP contribution is -2.55. The zero-order valence-corrected chi connectivity index (χ0v) is 16.2. The molecule has 1 aliphatic heterocycles. The van der Waals surface area contributed by atoms with E-state index in [4.69, 9.17) is 0 Å². The molecule has 0 radical (unpaired) electrons. The van der Waals surface area contributed by atoms with Crippen molar-refractivity contribution < 1.29 is 19.1 Å². The number of amides is 2. The van der Waals surface area contributed by atoms with Crippen LogP contribution in [-0.4, -0.2) is 46.6 Å². The summed E-state index contributed by atoms with van der Waals surface area (Å²) in [4.78, 5) is 26.9. The lowest BCUT2D eigenvalue weighted by Gasteiger charge is -2.36. The Morgan fingerprint density at radius 2 is 1.69 bits per heavy atom. The molecule has 0 saturated carbocycles. The second-order valence-electron chi connectivity index (χ2n) is 8.00. The minimum absolute atomic E-state index is 0.0742. The molecule has 1 fully saturated rings. The number of hydrogen-bond acceptors (Lipinski definition) is 3. The van der Waals surface area contributed by atoms with Gasteiger partial charge in [-0.25, -0.2) is 4.39 Å². The summed E-state index contributed by atoms with van der Waals surface area (Å²) < 4.78 is 13.9. The Labute approximate surface area is 169 Å². The molecule has 0 aromatic heterocycles. The van der Waals surface area contributed by atoms with E-state index in [1.807, 2.05) is 24.3 Å². The van der Waals surface area contributed by atoms with Crippen molar-refractivity contribution in [2.24, 2.45) is 0 Å². The highest BCUT2D eigenvalue weighted by atomic mass is 19.1. The average molecular weight is 396 g/mol. The normalized spacial score (nSPS) is 22.1. The summed E-state index contributed by atoms with van der Waals surface area (Å²) in [5.74, 6) is -1.19. The number of likely N-dealkylation sites (tertiary alicyclic amines) is 1. The molecule has 1 aliphatic carbocycles. The number of benzene rings is 2. The number of rotatable bonds is 3. The van der Waals surface area contributed by atoms with Crippen LogP contribution in [0.3, 0.4) is 0 Å². The molecule has 29 heavy (non-hydrogen) atoms. The van der Waals surface area contributed by atoms with Crippen molar-refractivity contribution >= 4 is 11.8 Å². The lowest BCUT2D eigenvalue weighted by molar-refractivity contribution is -0.142. The van der Waals surface area contributed by atoms with Gasteiger partial charge in [0.2, 0.25) is 0 Å². The molecule has 6 heteroatoms. The van der Waals surface area contributed by atoms with Gasteiger partial charge in [-0.15, -0.1) is 0 Å². The number of halogens is 1. The van der Waals surface area contributed by atoms with E-state index in [2.05, 4.69) is 5.32 Å². The maximum Gasteiger partial charge on any atom is 0.256 e. The van der Waals surface area contributed by atoms with Crippen LogP contribution in [0, 0.1) is 5.82 Å². The van der Waals surface area contributed by atoms with Crippen LogP contribution in [0.15, 0.2) is 48.5 Å². The Balaban J connectivity index is 1.33. The van der Waals surface area contributed by atoms with Gasteiger partial charge in [0.15, 0.2) is 0 Å². The average Bonchev–Trinajstić information content (AvgIpc) is 2.74. The maximum atomic E-state index is 13.9. The van der Waals surface area contributed by atoms with Gasteiger partial charge in [0, 0.05) is 25.6 Å². The highest BCUT2D eigenvalue weighted by Gasteiger charge is 2.40. The minimum Gasteiger partial charge on any atom is -0.380 e. The number of nitrogens with one attached hydrogen (secondary N) is 1. The number of nitrogens with zero attached hydrogens (tertiary/aromatic N) is 1. The first kappa shape index (κ1) is 19.6. The summed E-state index contributed by atoms with van der Waals surface area (Å²) in [6.07, 6.45) is 2.56. The van der Waals surface area contributed by atoms with Crippen molar-refractivity contribution in [3.8, 4) is 0 Å². The number of carbonyl (C=O) groups excluding carboxylic acids is 2. The van der Waals surface area contributed by atoms with Crippen LogP contribution >= 0.6 is 0 Å². The molecular formula is C23H25FN2O3. The Hall–Kier alpha value is -2.73. The highest BCUT2D eigenvalue weighted by molar-refractivity contribution is 5.94. The zero-order chi connectivity index (χ0) is 20.4. The maximum absolute atomic E-state index is 13.9. The summed E-state index contributed by atoms with van der Waals surface area (Å²) in [5, 5.41) is 13.9. The van der Waals surface area contributed by atoms with Gasteiger partial charge in [0.05, 0.1) is 5.56 Å². The number of hydrogen-bond donors (Lipinski definition) is 2. The topological polar surface area (TPSA) is 69.6 Å². The van der Waals surface area contributed by atoms with Crippen LogP contribution in [0.1, 0.15) is 40.7 Å². The van der Waals surface area contributed by atoms with E-state index in [0.717, 1.165) is 5.56 Å². The number of aryl methyl sites for hydroxylation is 1. The largest absolute Gasteiger partial charge is 0.380 e. The molecule has 2 aromatic carbocycles. The van der Waals surface area contributed by atoms with Crippen molar-refractivity contribution in [3.05, 3.63) is 71.0 Å². The molecule has 4 rings (SSSR count). The fourth-order valence-electron chi connectivity index (χ4n) is 4.26. The SMILES string of the molecule is O=C(c1ccccc1F)N1CCC(NC(=O)C2(O)CCc3ccccc3C2)CC1. The number of piperidine rings is 1. The summed E-state index contributed by atoms with van der Waals surface area (Å²) in [6, 6.07) is 13.8. The molecule has 1 atom stereocenters. The Morgan fingerprint density at radius 3 is 2.41 bits per heavy atom. The van der Waals surface area contributed by atoms with E-state index in [1.165, 1.54) is 17.7 Å². The van der Waals surface area contributed by atoms with Crippen LogP contribution in [0.25, 0.3) is 0 Å². The molecular weight excluding hydrogens is 371 g/mol. The fourth-order valence-corrected chi connectivity index (χ4v) is 4.26. The van der Waals surface area contributed by atoms with Crippen molar-refractivity contribution in [3.63, 3.8) is 0 Å². The van der Waals surface area contributed by atoms with Crippen molar-refractivity contribution in [2.45, 2.75) is 43.7 Å². The van der Waals surface area contributed by atoms with Gasteiger partial charge in [0.1, 0.15) is 11.4 Å². The molecule has 0 spiro atoms. The third-order valence-corrected chi connectivity index (χ3v) is 6.05. The lowest BCUT2D eigenvalue weighted by atomic mass is 9.79. The molecule has 2 amide bonds. The van der Waals surface area contributed by atoms with Crippen LogP contribution in [0.2, 0.25) is 0 Å². The predicted octanol–water partition coefficient (Wildman–Crippen LogP) is 2.47. The molecule has 2 N–H and O–H groups in total. The quantitative estimate of drug-likeness (QED) is 0.838. The third kappa shape index (κ3) is 4.03. The van der Waals surface area contributed by atoms with Crippen LogP contribution in [0.5, 0.6) is 0 Å². The first-order valence-electron chi connectivity index (χ1n) is 10.1. The van der Waals surface area contributed by atoms with Crippen LogP contribution in [-0.2, 0) is 17.6 Å². The van der Waals surface area contributed by atoms with Crippen LogP contribution in [0.4, 0.5) is 4.39 Å². The van der Waals surface area contributed by atoms with Gasteiger partial charge in [-0.1, -0.05) is 36.4 Å². The monoisotopic (exact) mass is 396 g/mol. The summed E-state index contributed by atoms with van der Waals surface area (Å²) in [5.41, 5.74) is 0.880. The van der Waals surface area contributed by atoms with E-state index < -0.39 is 11.4 Å². The summed E-state index contributed by atoms with van der Waals surface area (Å²) >= 11 is 0. The molecule has 0 bridgehead atoms.